The van der Waals surface area contributed by atoms with Crippen LogP contribution in [0.15, 0.2) is 18.2 Å². The number of amides is 1. The van der Waals surface area contributed by atoms with Crippen molar-refractivity contribution in [1.82, 2.24) is 10.2 Å². The molecule has 1 atom stereocenters. The summed E-state index contributed by atoms with van der Waals surface area (Å²) in [7, 11) is 0. The third kappa shape index (κ3) is 3.75. The van der Waals surface area contributed by atoms with Crippen LogP contribution >= 0.6 is 0 Å². The van der Waals surface area contributed by atoms with Gasteiger partial charge in [-0.05, 0) is 43.4 Å². The van der Waals surface area contributed by atoms with Gasteiger partial charge in [0.15, 0.2) is 0 Å². The summed E-state index contributed by atoms with van der Waals surface area (Å²) in [4.78, 5) is 16.7. The first kappa shape index (κ1) is 16.5. The summed E-state index contributed by atoms with van der Waals surface area (Å²) in [5.74, 6) is 0.271. The summed E-state index contributed by atoms with van der Waals surface area (Å²) in [6, 6.07) is 7.28. The maximum atomic E-state index is 12.2. The number of nitrogens with zero attached hydrogens (tertiary/aromatic N) is 2. The van der Waals surface area contributed by atoms with Crippen molar-refractivity contribution < 1.29 is 4.79 Å². The molecule has 1 fully saturated rings. The Balaban J connectivity index is 1.66. The number of nitrogens with one attached hydrogen (secondary N) is 1. The van der Waals surface area contributed by atoms with E-state index in [4.69, 9.17) is 0 Å². The average Bonchev–Trinajstić information content (AvgIpc) is 2.99. The SMILES string of the molecule is CCCC(=O)N1CCc2cc(CC(C)N3CCNCC3)ccc21. The van der Waals surface area contributed by atoms with Crippen molar-refractivity contribution in [3.05, 3.63) is 29.3 Å². The van der Waals surface area contributed by atoms with Crippen molar-refractivity contribution in [2.75, 3.05) is 37.6 Å². The zero-order chi connectivity index (χ0) is 16.2. The molecule has 2 aliphatic heterocycles. The van der Waals surface area contributed by atoms with E-state index in [1.54, 1.807) is 0 Å². The fourth-order valence-corrected chi connectivity index (χ4v) is 3.78. The molecule has 1 amide bonds. The van der Waals surface area contributed by atoms with Crippen molar-refractivity contribution in [2.24, 2.45) is 0 Å². The van der Waals surface area contributed by atoms with Crippen LogP contribution in [-0.4, -0.2) is 49.6 Å². The predicted octanol–water partition coefficient (Wildman–Crippen LogP) is 2.21. The molecular weight excluding hydrogens is 286 g/mol. The third-order valence-corrected chi connectivity index (χ3v) is 5.11. The zero-order valence-electron chi connectivity index (χ0n) is 14.5. The van der Waals surface area contributed by atoms with E-state index >= 15 is 0 Å². The van der Waals surface area contributed by atoms with Crippen LogP contribution in [0.5, 0.6) is 0 Å². The number of benzene rings is 1. The molecule has 2 heterocycles. The summed E-state index contributed by atoms with van der Waals surface area (Å²) < 4.78 is 0. The number of rotatable bonds is 5. The Morgan fingerprint density at radius 2 is 2.04 bits per heavy atom. The Bertz CT molecular complexity index is 552. The zero-order valence-corrected chi connectivity index (χ0v) is 14.5. The Morgan fingerprint density at radius 1 is 1.26 bits per heavy atom. The summed E-state index contributed by atoms with van der Waals surface area (Å²) in [6.07, 6.45) is 3.67. The van der Waals surface area contributed by atoms with Gasteiger partial charge in [-0.25, -0.2) is 0 Å². The van der Waals surface area contributed by atoms with Crippen LogP contribution in [0.2, 0.25) is 0 Å². The highest BCUT2D eigenvalue weighted by Gasteiger charge is 2.24. The molecule has 1 aromatic carbocycles. The second kappa shape index (κ2) is 7.45. The number of piperazine rings is 1. The summed E-state index contributed by atoms with van der Waals surface area (Å²) in [5.41, 5.74) is 3.89. The minimum Gasteiger partial charge on any atom is -0.314 e. The molecule has 0 aliphatic carbocycles. The molecule has 0 radical (unpaired) electrons. The Labute approximate surface area is 139 Å². The molecule has 0 spiro atoms. The molecule has 4 nitrogen and oxygen atoms in total. The third-order valence-electron chi connectivity index (χ3n) is 5.11. The minimum atomic E-state index is 0.271. The minimum absolute atomic E-state index is 0.271. The van der Waals surface area contributed by atoms with Gasteiger partial charge in [-0.2, -0.15) is 0 Å². The largest absolute Gasteiger partial charge is 0.314 e. The first-order valence-corrected chi connectivity index (χ1v) is 9.06. The lowest BCUT2D eigenvalue weighted by Crippen LogP contribution is -2.48. The van der Waals surface area contributed by atoms with E-state index in [2.05, 4.69) is 42.3 Å². The van der Waals surface area contributed by atoms with Crippen LogP contribution in [0.3, 0.4) is 0 Å². The van der Waals surface area contributed by atoms with Crippen molar-refractivity contribution in [2.45, 2.75) is 45.6 Å². The average molecular weight is 315 g/mol. The van der Waals surface area contributed by atoms with Crippen LogP contribution in [0, 0.1) is 0 Å². The molecule has 2 aliphatic rings. The molecule has 4 heteroatoms. The van der Waals surface area contributed by atoms with Gasteiger partial charge in [0.05, 0.1) is 0 Å². The van der Waals surface area contributed by atoms with Gasteiger partial charge >= 0.3 is 0 Å². The molecule has 0 saturated carbocycles. The lowest BCUT2D eigenvalue weighted by Gasteiger charge is -2.33. The molecule has 126 valence electrons. The van der Waals surface area contributed by atoms with Gasteiger partial charge in [0.2, 0.25) is 5.91 Å². The van der Waals surface area contributed by atoms with Crippen LogP contribution in [0.1, 0.15) is 37.8 Å². The lowest BCUT2D eigenvalue weighted by atomic mass is 10.0. The van der Waals surface area contributed by atoms with Gasteiger partial charge in [-0.15, -0.1) is 0 Å². The van der Waals surface area contributed by atoms with E-state index < -0.39 is 0 Å². The fourth-order valence-electron chi connectivity index (χ4n) is 3.78. The van der Waals surface area contributed by atoms with Crippen molar-refractivity contribution in [3.8, 4) is 0 Å². The normalized spacial score (nSPS) is 19.7. The highest BCUT2D eigenvalue weighted by molar-refractivity contribution is 5.95. The Morgan fingerprint density at radius 3 is 2.78 bits per heavy atom. The molecule has 23 heavy (non-hydrogen) atoms. The van der Waals surface area contributed by atoms with E-state index in [9.17, 15) is 4.79 Å². The fraction of sp³-hybridized carbons (Fsp3) is 0.632. The standard InChI is InChI=1S/C19H29N3O/c1-3-4-19(23)22-10-7-17-14-16(5-6-18(17)22)13-15(2)21-11-8-20-9-12-21/h5-6,14-15,20H,3-4,7-13H2,1-2H3. The monoisotopic (exact) mass is 315 g/mol. The number of hydrogen-bond donors (Lipinski definition) is 1. The number of fused-ring (bicyclic) bond motifs is 1. The first-order chi connectivity index (χ1) is 11.2. The molecule has 1 saturated heterocycles. The van der Waals surface area contributed by atoms with Gasteiger partial charge < -0.3 is 10.2 Å². The smallest absolute Gasteiger partial charge is 0.226 e. The van der Waals surface area contributed by atoms with Gasteiger partial charge in [-0.1, -0.05) is 19.1 Å². The van der Waals surface area contributed by atoms with Gasteiger partial charge in [0.25, 0.3) is 0 Å². The molecule has 1 aromatic rings. The van der Waals surface area contributed by atoms with Crippen LogP contribution < -0.4 is 10.2 Å². The molecule has 3 rings (SSSR count). The summed E-state index contributed by atoms with van der Waals surface area (Å²) in [6.45, 7) is 9.74. The number of anilines is 1. The molecule has 0 bridgehead atoms. The second-order valence-corrected chi connectivity index (χ2v) is 6.85. The molecule has 0 aromatic heterocycles. The van der Waals surface area contributed by atoms with E-state index in [1.165, 1.54) is 11.1 Å². The lowest BCUT2D eigenvalue weighted by molar-refractivity contribution is -0.118. The van der Waals surface area contributed by atoms with Gasteiger partial charge in [0, 0.05) is 50.9 Å². The van der Waals surface area contributed by atoms with Crippen molar-refractivity contribution in [3.63, 3.8) is 0 Å². The van der Waals surface area contributed by atoms with E-state index in [1.807, 2.05) is 4.90 Å². The van der Waals surface area contributed by atoms with Crippen LogP contribution in [0.25, 0.3) is 0 Å². The topological polar surface area (TPSA) is 35.6 Å². The number of carbonyl (C=O) groups excluding carboxylic acids is 1. The maximum absolute atomic E-state index is 12.2. The Kier molecular flexibility index (Phi) is 5.34. The van der Waals surface area contributed by atoms with Gasteiger partial charge in [0.1, 0.15) is 0 Å². The molecular formula is C19H29N3O. The van der Waals surface area contributed by atoms with Crippen LogP contribution in [0.4, 0.5) is 5.69 Å². The molecule has 1 unspecified atom stereocenters. The highest BCUT2D eigenvalue weighted by Crippen LogP contribution is 2.30. The summed E-state index contributed by atoms with van der Waals surface area (Å²) >= 11 is 0. The van der Waals surface area contributed by atoms with Crippen molar-refractivity contribution in [1.29, 1.82) is 0 Å². The van der Waals surface area contributed by atoms with E-state index in [-0.39, 0.29) is 5.91 Å². The highest BCUT2D eigenvalue weighted by atomic mass is 16.2. The van der Waals surface area contributed by atoms with Crippen LogP contribution in [-0.2, 0) is 17.6 Å². The second-order valence-electron chi connectivity index (χ2n) is 6.85. The predicted molar refractivity (Wildman–Crippen MR) is 95.0 cm³/mol. The number of hydrogen-bond acceptors (Lipinski definition) is 3. The first-order valence-electron chi connectivity index (χ1n) is 9.06. The van der Waals surface area contributed by atoms with Gasteiger partial charge in [-0.3, -0.25) is 9.69 Å². The molecule has 1 N–H and O–H groups in total. The Hall–Kier alpha value is -1.39. The number of carbonyl (C=O) groups is 1. The maximum Gasteiger partial charge on any atom is 0.226 e. The van der Waals surface area contributed by atoms with E-state index in [0.717, 1.165) is 57.7 Å². The summed E-state index contributed by atoms with van der Waals surface area (Å²) in [5, 5.41) is 3.41. The van der Waals surface area contributed by atoms with E-state index in [0.29, 0.717) is 12.5 Å². The van der Waals surface area contributed by atoms with Crippen molar-refractivity contribution >= 4 is 11.6 Å². The quantitative estimate of drug-likeness (QED) is 0.905.